The lowest BCUT2D eigenvalue weighted by atomic mass is 9.91. The molecule has 1 aromatic rings. The molecule has 2 unspecified atom stereocenters. The smallest absolute Gasteiger partial charge is 0.255 e. The lowest BCUT2D eigenvalue weighted by Gasteiger charge is -2.38. The molecule has 1 saturated carbocycles. The van der Waals surface area contributed by atoms with Gasteiger partial charge in [-0.1, -0.05) is 6.42 Å². The molecule has 0 spiro atoms. The van der Waals surface area contributed by atoms with E-state index in [1.54, 1.807) is 0 Å². The molecule has 1 aliphatic heterocycles. The molecule has 0 N–H and O–H groups in total. The molecule has 2 fully saturated rings. The van der Waals surface area contributed by atoms with Crippen LogP contribution in [-0.2, 0) is 0 Å². The molecule has 1 aliphatic carbocycles. The third-order valence-electron chi connectivity index (χ3n) is 4.43. The van der Waals surface area contributed by atoms with Gasteiger partial charge in [-0.15, -0.1) is 12.6 Å². The molecule has 1 aromatic carbocycles. The van der Waals surface area contributed by atoms with Crippen LogP contribution in [0.1, 0.15) is 42.5 Å². The summed E-state index contributed by atoms with van der Waals surface area (Å²) in [4.78, 5) is 15.7. The van der Waals surface area contributed by atoms with E-state index in [9.17, 15) is 4.79 Å². The number of likely N-dealkylation sites (tertiary alicyclic amines) is 1. The monoisotopic (exact) mass is 339 g/mol. The number of nitrogens with zero attached hydrogens (tertiary/aromatic N) is 1. The molecular weight excluding hydrogens is 322 g/mol. The molecule has 1 heterocycles. The van der Waals surface area contributed by atoms with Crippen LogP contribution in [0.4, 0.5) is 0 Å². The standard InChI is InChI=1S/C15H18BrNOS/c16-13-7-6-11(19)9-12(13)15(18)17-8-2-4-10-3-1-5-14(10)17/h6-7,9-10,14,19H,1-5,8H2. The van der Waals surface area contributed by atoms with Gasteiger partial charge in [-0.25, -0.2) is 0 Å². The van der Waals surface area contributed by atoms with Gasteiger partial charge in [0.05, 0.1) is 5.56 Å². The summed E-state index contributed by atoms with van der Waals surface area (Å²) in [5.74, 6) is 0.898. The Morgan fingerprint density at radius 3 is 2.89 bits per heavy atom. The molecule has 4 heteroatoms. The van der Waals surface area contributed by atoms with Gasteiger partial charge in [0.25, 0.3) is 5.91 Å². The highest BCUT2D eigenvalue weighted by atomic mass is 79.9. The molecular formula is C15H18BrNOS. The maximum absolute atomic E-state index is 12.8. The Morgan fingerprint density at radius 2 is 2.05 bits per heavy atom. The number of hydrogen-bond donors (Lipinski definition) is 1. The first-order chi connectivity index (χ1) is 9.16. The van der Waals surface area contributed by atoms with Gasteiger partial charge >= 0.3 is 0 Å². The molecule has 102 valence electrons. The van der Waals surface area contributed by atoms with E-state index in [2.05, 4.69) is 33.5 Å². The molecule has 1 saturated heterocycles. The van der Waals surface area contributed by atoms with Crippen molar-refractivity contribution in [3.05, 3.63) is 28.2 Å². The Kier molecular flexibility index (Phi) is 3.90. The van der Waals surface area contributed by atoms with Crippen molar-refractivity contribution in [3.63, 3.8) is 0 Å². The van der Waals surface area contributed by atoms with Crippen LogP contribution in [0.3, 0.4) is 0 Å². The minimum absolute atomic E-state index is 0.166. The highest BCUT2D eigenvalue weighted by Gasteiger charge is 2.37. The minimum atomic E-state index is 0.166. The quantitative estimate of drug-likeness (QED) is 0.762. The van der Waals surface area contributed by atoms with Gasteiger partial charge in [0.1, 0.15) is 0 Å². The van der Waals surface area contributed by atoms with Crippen molar-refractivity contribution < 1.29 is 4.79 Å². The molecule has 2 atom stereocenters. The number of thiol groups is 1. The predicted molar refractivity (Wildman–Crippen MR) is 82.8 cm³/mol. The van der Waals surface area contributed by atoms with E-state index in [1.807, 2.05) is 18.2 Å². The lowest BCUT2D eigenvalue weighted by Crippen LogP contribution is -2.46. The van der Waals surface area contributed by atoms with Crippen LogP contribution in [0.2, 0.25) is 0 Å². The highest BCUT2D eigenvalue weighted by Crippen LogP contribution is 2.38. The second-order valence-corrected chi connectivity index (χ2v) is 6.93. The Balaban J connectivity index is 1.88. The number of carbonyl (C=O) groups excluding carboxylic acids is 1. The molecule has 2 aliphatic rings. The van der Waals surface area contributed by atoms with E-state index in [1.165, 1.54) is 25.7 Å². The minimum Gasteiger partial charge on any atom is -0.335 e. The van der Waals surface area contributed by atoms with E-state index in [-0.39, 0.29) is 5.91 Å². The molecule has 0 aromatic heterocycles. The maximum atomic E-state index is 12.8. The molecule has 1 amide bonds. The van der Waals surface area contributed by atoms with Crippen molar-refractivity contribution in [2.75, 3.05) is 6.54 Å². The number of piperidine rings is 1. The summed E-state index contributed by atoms with van der Waals surface area (Å²) in [6.07, 6.45) is 6.18. The average molecular weight is 340 g/mol. The van der Waals surface area contributed by atoms with Gasteiger partial charge in [-0.2, -0.15) is 0 Å². The maximum Gasteiger partial charge on any atom is 0.255 e. The summed E-state index contributed by atoms with van der Waals surface area (Å²) in [5, 5.41) is 0. The van der Waals surface area contributed by atoms with Gasteiger partial charge in [-0.05, 0) is 65.7 Å². The Bertz CT molecular complexity index is 505. The normalized spacial score (nSPS) is 26.3. The second kappa shape index (κ2) is 5.49. The lowest BCUT2D eigenvalue weighted by molar-refractivity contribution is 0.0547. The molecule has 19 heavy (non-hydrogen) atoms. The number of fused-ring (bicyclic) bond motifs is 1. The SMILES string of the molecule is O=C(c1cc(S)ccc1Br)N1CCCC2CCCC21. The fourth-order valence-corrected chi connectivity index (χ4v) is 4.16. The van der Waals surface area contributed by atoms with Crippen molar-refractivity contribution in [3.8, 4) is 0 Å². The average Bonchev–Trinajstić information content (AvgIpc) is 2.89. The molecule has 0 bridgehead atoms. The number of hydrogen-bond acceptors (Lipinski definition) is 2. The summed E-state index contributed by atoms with van der Waals surface area (Å²) >= 11 is 7.83. The van der Waals surface area contributed by atoms with Crippen LogP contribution in [0.25, 0.3) is 0 Å². The predicted octanol–water partition coefficient (Wildman–Crippen LogP) is 4.14. The third kappa shape index (κ3) is 2.57. The third-order valence-corrected chi connectivity index (χ3v) is 5.40. The van der Waals surface area contributed by atoms with Gasteiger partial charge in [0, 0.05) is 22.0 Å². The Labute approximate surface area is 128 Å². The number of halogens is 1. The van der Waals surface area contributed by atoms with Crippen molar-refractivity contribution in [2.24, 2.45) is 5.92 Å². The van der Waals surface area contributed by atoms with Crippen LogP contribution < -0.4 is 0 Å². The van der Waals surface area contributed by atoms with Crippen molar-refractivity contribution in [1.82, 2.24) is 4.90 Å². The topological polar surface area (TPSA) is 20.3 Å². The first kappa shape index (κ1) is 13.5. The summed E-state index contributed by atoms with van der Waals surface area (Å²) < 4.78 is 0.871. The van der Waals surface area contributed by atoms with Crippen LogP contribution >= 0.6 is 28.6 Å². The van der Waals surface area contributed by atoms with Gasteiger partial charge < -0.3 is 4.90 Å². The molecule has 3 rings (SSSR count). The first-order valence-electron chi connectivity index (χ1n) is 6.96. The first-order valence-corrected chi connectivity index (χ1v) is 8.20. The summed E-state index contributed by atoms with van der Waals surface area (Å²) in [6.45, 7) is 0.906. The van der Waals surface area contributed by atoms with Crippen molar-refractivity contribution >= 4 is 34.5 Å². The van der Waals surface area contributed by atoms with E-state index in [0.717, 1.165) is 33.8 Å². The molecule has 0 radical (unpaired) electrons. The van der Waals surface area contributed by atoms with Gasteiger partial charge in [0.2, 0.25) is 0 Å². The van der Waals surface area contributed by atoms with E-state index >= 15 is 0 Å². The van der Waals surface area contributed by atoms with Crippen LogP contribution in [-0.4, -0.2) is 23.4 Å². The second-order valence-electron chi connectivity index (χ2n) is 5.56. The highest BCUT2D eigenvalue weighted by molar-refractivity contribution is 9.10. The molecule has 2 nitrogen and oxygen atoms in total. The number of benzene rings is 1. The summed E-state index contributed by atoms with van der Waals surface area (Å²) in [6, 6.07) is 6.15. The fraction of sp³-hybridized carbons (Fsp3) is 0.533. The number of carbonyl (C=O) groups is 1. The number of amides is 1. The largest absolute Gasteiger partial charge is 0.335 e. The summed E-state index contributed by atoms with van der Waals surface area (Å²) in [5.41, 5.74) is 0.750. The van der Waals surface area contributed by atoms with Gasteiger partial charge in [-0.3, -0.25) is 4.79 Å². The van der Waals surface area contributed by atoms with Crippen molar-refractivity contribution in [2.45, 2.75) is 43.0 Å². The Hall–Kier alpha value is -0.480. The Morgan fingerprint density at radius 1 is 1.26 bits per heavy atom. The van der Waals surface area contributed by atoms with Crippen LogP contribution in [0.15, 0.2) is 27.6 Å². The van der Waals surface area contributed by atoms with E-state index < -0.39 is 0 Å². The van der Waals surface area contributed by atoms with Crippen LogP contribution in [0, 0.1) is 5.92 Å². The number of rotatable bonds is 1. The van der Waals surface area contributed by atoms with E-state index in [4.69, 9.17) is 0 Å². The van der Waals surface area contributed by atoms with E-state index in [0.29, 0.717) is 6.04 Å². The van der Waals surface area contributed by atoms with Crippen LogP contribution in [0.5, 0.6) is 0 Å². The zero-order chi connectivity index (χ0) is 13.4. The zero-order valence-electron chi connectivity index (χ0n) is 10.8. The summed E-state index contributed by atoms with van der Waals surface area (Å²) in [7, 11) is 0. The van der Waals surface area contributed by atoms with Gasteiger partial charge in [0.15, 0.2) is 0 Å². The van der Waals surface area contributed by atoms with Crippen molar-refractivity contribution in [1.29, 1.82) is 0 Å². The fourth-order valence-electron chi connectivity index (χ4n) is 3.54. The zero-order valence-corrected chi connectivity index (χ0v) is 13.3.